The molecular formula is C16H22N4O2. The van der Waals surface area contributed by atoms with Gasteiger partial charge in [0.25, 0.3) is 0 Å². The molecule has 0 spiro atoms. The maximum absolute atomic E-state index is 12.3. The molecule has 2 N–H and O–H groups in total. The zero-order valence-electron chi connectivity index (χ0n) is 13.2. The van der Waals surface area contributed by atoms with Gasteiger partial charge in [-0.3, -0.25) is 9.48 Å². The molecule has 0 aliphatic carbocycles. The van der Waals surface area contributed by atoms with Gasteiger partial charge in [0.05, 0.1) is 13.3 Å². The fraction of sp³-hybridized carbons (Fsp3) is 0.375. The van der Waals surface area contributed by atoms with E-state index < -0.39 is 6.04 Å². The van der Waals surface area contributed by atoms with E-state index in [2.05, 4.69) is 15.7 Å². The number of amides is 1. The first kappa shape index (κ1) is 16.0. The number of rotatable bonds is 7. The lowest BCUT2D eigenvalue weighted by molar-refractivity contribution is -0.123. The molecule has 0 aliphatic heterocycles. The number of para-hydroxylation sites is 1. The van der Waals surface area contributed by atoms with Gasteiger partial charge in [-0.2, -0.15) is 5.10 Å². The van der Waals surface area contributed by atoms with Gasteiger partial charge in [-0.05, 0) is 25.1 Å². The lowest BCUT2D eigenvalue weighted by Gasteiger charge is -2.15. The van der Waals surface area contributed by atoms with Gasteiger partial charge in [-0.15, -0.1) is 0 Å². The number of nitrogens with zero attached hydrogens (tertiary/aromatic N) is 2. The number of carbonyl (C=O) groups is 1. The Balaban J connectivity index is 1.91. The average molecular weight is 302 g/mol. The largest absolute Gasteiger partial charge is 0.496 e. The fourth-order valence-corrected chi connectivity index (χ4v) is 2.37. The topological polar surface area (TPSA) is 68.2 Å². The summed E-state index contributed by atoms with van der Waals surface area (Å²) >= 11 is 0. The molecule has 0 bridgehead atoms. The van der Waals surface area contributed by atoms with Gasteiger partial charge in [-0.25, -0.2) is 0 Å². The number of likely N-dealkylation sites (N-methyl/N-ethyl adjacent to an activating group) is 1. The normalized spacial score (nSPS) is 12.0. The molecule has 0 saturated carbocycles. The highest BCUT2D eigenvalue weighted by molar-refractivity contribution is 5.83. The first-order chi connectivity index (χ1) is 10.7. The fourth-order valence-electron chi connectivity index (χ4n) is 2.37. The molecule has 1 aromatic carbocycles. The molecule has 118 valence electrons. The highest BCUT2D eigenvalue weighted by atomic mass is 16.5. The van der Waals surface area contributed by atoms with Crippen LogP contribution in [0.25, 0.3) is 0 Å². The molecule has 0 fully saturated rings. The van der Waals surface area contributed by atoms with Crippen molar-refractivity contribution < 1.29 is 9.53 Å². The van der Waals surface area contributed by atoms with Crippen LogP contribution in [-0.4, -0.2) is 36.4 Å². The van der Waals surface area contributed by atoms with Gasteiger partial charge in [0.1, 0.15) is 11.8 Å². The molecule has 6 nitrogen and oxygen atoms in total. The van der Waals surface area contributed by atoms with Gasteiger partial charge in [0, 0.05) is 25.4 Å². The zero-order valence-corrected chi connectivity index (χ0v) is 13.2. The van der Waals surface area contributed by atoms with Gasteiger partial charge in [-0.1, -0.05) is 18.2 Å². The van der Waals surface area contributed by atoms with Crippen molar-refractivity contribution in [3.63, 3.8) is 0 Å². The summed E-state index contributed by atoms with van der Waals surface area (Å²) in [5.74, 6) is 0.777. The number of aromatic nitrogens is 2. The molecule has 2 rings (SSSR count). The van der Waals surface area contributed by atoms with Crippen LogP contribution in [0.1, 0.15) is 17.2 Å². The Hall–Kier alpha value is -2.34. The van der Waals surface area contributed by atoms with Crippen LogP contribution in [0.3, 0.4) is 0 Å². The van der Waals surface area contributed by atoms with Gasteiger partial charge < -0.3 is 15.4 Å². The third-order valence-electron chi connectivity index (χ3n) is 3.50. The second kappa shape index (κ2) is 7.61. The van der Waals surface area contributed by atoms with E-state index in [4.69, 9.17) is 4.74 Å². The van der Waals surface area contributed by atoms with E-state index in [0.717, 1.165) is 23.3 Å². The second-order valence-corrected chi connectivity index (χ2v) is 5.02. The molecule has 1 aromatic heterocycles. The first-order valence-corrected chi connectivity index (χ1v) is 7.21. The Morgan fingerprint density at radius 1 is 1.41 bits per heavy atom. The minimum Gasteiger partial charge on any atom is -0.496 e. The molecule has 22 heavy (non-hydrogen) atoms. The smallest absolute Gasteiger partial charge is 0.241 e. The van der Waals surface area contributed by atoms with Crippen LogP contribution in [0.15, 0.2) is 36.7 Å². The van der Waals surface area contributed by atoms with Gasteiger partial charge >= 0.3 is 0 Å². The van der Waals surface area contributed by atoms with Crippen LogP contribution in [-0.2, 0) is 18.3 Å². The molecule has 1 atom stereocenters. The average Bonchev–Trinajstić information content (AvgIpc) is 2.94. The number of aryl methyl sites for hydroxylation is 1. The van der Waals surface area contributed by atoms with Crippen LogP contribution < -0.4 is 15.4 Å². The number of hydrogen-bond donors (Lipinski definition) is 2. The van der Waals surface area contributed by atoms with Crippen molar-refractivity contribution in [3.8, 4) is 5.75 Å². The van der Waals surface area contributed by atoms with Gasteiger partial charge in [0.2, 0.25) is 5.91 Å². The van der Waals surface area contributed by atoms with Crippen LogP contribution in [0.4, 0.5) is 0 Å². The summed E-state index contributed by atoms with van der Waals surface area (Å²) in [5.41, 5.74) is 1.92. The highest BCUT2D eigenvalue weighted by Crippen LogP contribution is 2.17. The standard InChI is InChI=1S/C16H22N4O2/c1-17-15(13-10-19-20(2)11-13)16(21)18-9-8-12-6-4-5-7-14(12)22-3/h4-7,10-11,15,17H,8-9H2,1-3H3,(H,18,21). The number of hydrogen-bond acceptors (Lipinski definition) is 4. The number of nitrogens with one attached hydrogen (secondary N) is 2. The monoisotopic (exact) mass is 302 g/mol. The Bertz CT molecular complexity index is 624. The van der Waals surface area contributed by atoms with E-state index in [0.29, 0.717) is 6.54 Å². The van der Waals surface area contributed by atoms with Crippen LogP contribution >= 0.6 is 0 Å². The minimum atomic E-state index is -0.397. The maximum Gasteiger partial charge on any atom is 0.241 e. The van der Waals surface area contributed by atoms with Crippen molar-refractivity contribution in [2.75, 3.05) is 20.7 Å². The summed E-state index contributed by atoms with van der Waals surface area (Å²) < 4.78 is 6.99. The molecule has 6 heteroatoms. The number of carbonyl (C=O) groups excluding carboxylic acids is 1. The SMILES string of the molecule is CNC(C(=O)NCCc1ccccc1OC)c1cnn(C)c1. The maximum atomic E-state index is 12.3. The summed E-state index contributed by atoms with van der Waals surface area (Å²) in [6.07, 6.45) is 4.25. The lowest BCUT2D eigenvalue weighted by atomic mass is 10.1. The molecule has 0 radical (unpaired) electrons. The van der Waals surface area contributed by atoms with E-state index in [1.807, 2.05) is 37.5 Å². The molecule has 2 aromatic rings. The van der Waals surface area contributed by atoms with Crippen molar-refractivity contribution >= 4 is 5.91 Å². The van der Waals surface area contributed by atoms with E-state index in [1.54, 1.807) is 25.0 Å². The van der Waals surface area contributed by atoms with Gasteiger partial charge in [0.15, 0.2) is 0 Å². The Morgan fingerprint density at radius 2 is 2.18 bits per heavy atom. The predicted octanol–water partition coefficient (Wildman–Crippen LogP) is 1.05. The zero-order chi connectivity index (χ0) is 15.9. The number of benzene rings is 1. The van der Waals surface area contributed by atoms with Crippen molar-refractivity contribution in [2.24, 2.45) is 7.05 Å². The number of methoxy groups -OCH3 is 1. The van der Waals surface area contributed by atoms with Crippen LogP contribution in [0, 0.1) is 0 Å². The van der Waals surface area contributed by atoms with E-state index in [9.17, 15) is 4.79 Å². The summed E-state index contributed by atoms with van der Waals surface area (Å²) in [4.78, 5) is 12.3. The van der Waals surface area contributed by atoms with Crippen molar-refractivity contribution in [3.05, 3.63) is 47.8 Å². The summed E-state index contributed by atoms with van der Waals surface area (Å²) in [6.45, 7) is 0.553. The molecule has 1 unspecified atom stereocenters. The Labute approximate surface area is 130 Å². The van der Waals surface area contributed by atoms with Crippen molar-refractivity contribution in [1.29, 1.82) is 0 Å². The summed E-state index contributed by atoms with van der Waals surface area (Å²) in [7, 11) is 5.24. The number of ether oxygens (including phenoxy) is 1. The first-order valence-electron chi connectivity index (χ1n) is 7.21. The lowest BCUT2D eigenvalue weighted by Crippen LogP contribution is -2.36. The molecular weight excluding hydrogens is 280 g/mol. The second-order valence-electron chi connectivity index (χ2n) is 5.02. The van der Waals surface area contributed by atoms with Crippen LogP contribution in [0.5, 0.6) is 5.75 Å². The molecule has 1 heterocycles. The third-order valence-corrected chi connectivity index (χ3v) is 3.50. The molecule has 0 aliphatic rings. The predicted molar refractivity (Wildman–Crippen MR) is 84.7 cm³/mol. The Morgan fingerprint density at radius 3 is 2.82 bits per heavy atom. The van der Waals surface area contributed by atoms with Crippen LogP contribution in [0.2, 0.25) is 0 Å². The van der Waals surface area contributed by atoms with E-state index in [1.165, 1.54) is 0 Å². The molecule has 1 amide bonds. The Kier molecular flexibility index (Phi) is 5.55. The van der Waals surface area contributed by atoms with Crippen molar-refractivity contribution in [1.82, 2.24) is 20.4 Å². The van der Waals surface area contributed by atoms with Crippen molar-refractivity contribution in [2.45, 2.75) is 12.5 Å². The summed E-state index contributed by atoms with van der Waals surface area (Å²) in [5, 5.41) is 10.1. The summed E-state index contributed by atoms with van der Waals surface area (Å²) in [6, 6.07) is 7.42. The quantitative estimate of drug-likeness (QED) is 0.802. The van der Waals surface area contributed by atoms with E-state index in [-0.39, 0.29) is 5.91 Å². The third kappa shape index (κ3) is 3.85. The van der Waals surface area contributed by atoms with E-state index >= 15 is 0 Å². The molecule has 0 saturated heterocycles. The minimum absolute atomic E-state index is 0.0644. The highest BCUT2D eigenvalue weighted by Gasteiger charge is 2.19.